The van der Waals surface area contributed by atoms with Crippen LogP contribution in [0.3, 0.4) is 0 Å². The van der Waals surface area contributed by atoms with E-state index in [1.165, 1.54) is 7.11 Å². The van der Waals surface area contributed by atoms with Crippen molar-refractivity contribution in [2.75, 3.05) is 27.4 Å². The summed E-state index contributed by atoms with van der Waals surface area (Å²) >= 11 is 0. The molecule has 1 amide bonds. The van der Waals surface area contributed by atoms with Crippen LogP contribution in [0.15, 0.2) is 42.5 Å². The van der Waals surface area contributed by atoms with Crippen LogP contribution >= 0.6 is 0 Å². The van der Waals surface area contributed by atoms with Gasteiger partial charge >= 0.3 is 0 Å². The average molecular weight is 329 g/mol. The molecule has 2 aromatic rings. The van der Waals surface area contributed by atoms with Crippen molar-refractivity contribution in [2.45, 2.75) is 6.10 Å². The van der Waals surface area contributed by atoms with Crippen LogP contribution in [0.25, 0.3) is 0 Å². The highest BCUT2D eigenvalue weighted by atomic mass is 16.6. The molecule has 3 rings (SSSR count). The number of hydrogen-bond donors (Lipinski definition) is 1. The number of ether oxygens (including phenoxy) is 4. The van der Waals surface area contributed by atoms with E-state index in [0.29, 0.717) is 36.0 Å². The highest BCUT2D eigenvalue weighted by Gasteiger charge is 2.21. The van der Waals surface area contributed by atoms with Gasteiger partial charge in [0, 0.05) is 5.56 Å². The van der Waals surface area contributed by atoms with Gasteiger partial charge in [-0.1, -0.05) is 12.1 Å². The van der Waals surface area contributed by atoms with Crippen LogP contribution < -0.4 is 24.3 Å². The summed E-state index contributed by atoms with van der Waals surface area (Å²) in [6, 6.07) is 12.5. The first-order chi connectivity index (χ1) is 11.7. The second kappa shape index (κ2) is 7.12. The van der Waals surface area contributed by atoms with Crippen LogP contribution in [0, 0.1) is 0 Å². The maximum atomic E-state index is 12.3. The molecule has 0 bridgehead atoms. The Labute approximate surface area is 140 Å². The standard InChI is InChI=1S/C18H19NO5/c1-21-14-8-7-12(9-17(14)22-2)18(20)19-10-13-11-23-15-5-3-4-6-16(15)24-13/h3-9,13H,10-11H2,1-2H3,(H,19,20)/t13-/m1/s1. The fourth-order valence-corrected chi connectivity index (χ4v) is 2.45. The third-order valence-electron chi connectivity index (χ3n) is 3.70. The van der Waals surface area contributed by atoms with E-state index in [9.17, 15) is 4.79 Å². The second-order valence-corrected chi connectivity index (χ2v) is 5.28. The predicted octanol–water partition coefficient (Wildman–Crippen LogP) is 2.27. The van der Waals surface area contributed by atoms with E-state index in [-0.39, 0.29) is 12.0 Å². The number of rotatable bonds is 5. The lowest BCUT2D eigenvalue weighted by Crippen LogP contribution is -2.40. The molecule has 0 aromatic heterocycles. The Hall–Kier alpha value is -2.89. The van der Waals surface area contributed by atoms with E-state index >= 15 is 0 Å². The van der Waals surface area contributed by atoms with E-state index in [0.717, 1.165) is 5.75 Å². The van der Waals surface area contributed by atoms with Crippen molar-refractivity contribution >= 4 is 5.91 Å². The molecule has 1 aliphatic heterocycles. The van der Waals surface area contributed by atoms with Crippen LogP contribution in [0.5, 0.6) is 23.0 Å². The topological polar surface area (TPSA) is 66.0 Å². The molecule has 2 aromatic carbocycles. The summed E-state index contributed by atoms with van der Waals surface area (Å²) in [6.45, 7) is 0.741. The van der Waals surface area contributed by atoms with Gasteiger partial charge in [-0.3, -0.25) is 4.79 Å². The SMILES string of the molecule is COc1ccc(C(=O)NC[C@@H]2COc3ccccc3O2)cc1OC. The lowest BCUT2D eigenvalue weighted by molar-refractivity contribution is 0.0789. The predicted molar refractivity (Wildman–Crippen MR) is 88.2 cm³/mol. The Balaban J connectivity index is 1.60. The summed E-state index contributed by atoms with van der Waals surface area (Å²) in [4.78, 5) is 12.3. The summed E-state index contributed by atoms with van der Waals surface area (Å²) in [5.74, 6) is 2.29. The van der Waals surface area contributed by atoms with Crippen molar-refractivity contribution in [1.29, 1.82) is 0 Å². The van der Waals surface area contributed by atoms with Gasteiger partial charge in [-0.2, -0.15) is 0 Å². The van der Waals surface area contributed by atoms with Crippen molar-refractivity contribution in [2.24, 2.45) is 0 Å². The van der Waals surface area contributed by atoms with Crippen molar-refractivity contribution in [3.8, 4) is 23.0 Å². The van der Waals surface area contributed by atoms with Gasteiger partial charge in [0.2, 0.25) is 0 Å². The summed E-state index contributed by atoms with van der Waals surface area (Å²) in [6.07, 6.45) is -0.232. The Morgan fingerprint density at radius 2 is 1.88 bits per heavy atom. The molecule has 0 fully saturated rings. The van der Waals surface area contributed by atoms with E-state index in [4.69, 9.17) is 18.9 Å². The number of benzene rings is 2. The van der Waals surface area contributed by atoms with E-state index in [1.807, 2.05) is 24.3 Å². The van der Waals surface area contributed by atoms with Gasteiger partial charge < -0.3 is 24.3 Å². The first-order valence-electron chi connectivity index (χ1n) is 7.60. The number of para-hydroxylation sites is 2. The van der Waals surface area contributed by atoms with Gasteiger partial charge in [0.25, 0.3) is 5.91 Å². The van der Waals surface area contributed by atoms with Gasteiger partial charge in [-0.05, 0) is 30.3 Å². The molecule has 24 heavy (non-hydrogen) atoms. The van der Waals surface area contributed by atoms with Gasteiger partial charge in [-0.25, -0.2) is 0 Å². The zero-order valence-electron chi connectivity index (χ0n) is 13.6. The first-order valence-corrected chi connectivity index (χ1v) is 7.60. The summed E-state index contributed by atoms with van der Waals surface area (Å²) in [5, 5.41) is 2.85. The average Bonchev–Trinajstić information content (AvgIpc) is 2.65. The maximum Gasteiger partial charge on any atom is 0.251 e. The summed E-state index contributed by atoms with van der Waals surface area (Å²) in [7, 11) is 3.08. The molecule has 0 saturated carbocycles. The van der Waals surface area contributed by atoms with Crippen molar-refractivity contribution in [3.63, 3.8) is 0 Å². The molecule has 6 heteroatoms. The number of fused-ring (bicyclic) bond motifs is 1. The van der Waals surface area contributed by atoms with Gasteiger partial charge in [0.1, 0.15) is 12.7 Å². The highest BCUT2D eigenvalue weighted by Crippen LogP contribution is 2.31. The third-order valence-corrected chi connectivity index (χ3v) is 3.70. The first kappa shape index (κ1) is 16.0. The normalized spacial score (nSPS) is 15.5. The minimum absolute atomic E-state index is 0.210. The van der Waals surface area contributed by atoms with Crippen LogP contribution in [0.1, 0.15) is 10.4 Å². The van der Waals surface area contributed by atoms with Gasteiger partial charge in [0.05, 0.1) is 20.8 Å². The van der Waals surface area contributed by atoms with E-state index in [1.54, 1.807) is 25.3 Å². The quantitative estimate of drug-likeness (QED) is 0.911. The van der Waals surface area contributed by atoms with Crippen LogP contribution in [-0.4, -0.2) is 39.4 Å². The lowest BCUT2D eigenvalue weighted by atomic mass is 10.2. The molecule has 1 N–H and O–H groups in total. The number of carbonyl (C=O) groups excluding carboxylic acids is 1. The number of amides is 1. The molecule has 0 radical (unpaired) electrons. The molecule has 6 nitrogen and oxygen atoms in total. The zero-order valence-corrected chi connectivity index (χ0v) is 13.6. The molecule has 1 aliphatic rings. The maximum absolute atomic E-state index is 12.3. The van der Waals surface area contributed by atoms with E-state index in [2.05, 4.69) is 5.32 Å². The monoisotopic (exact) mass is 329 g/mol. The van der Waals surface area contributed by atoms with Crippen molar-refractivity contribution in [3.05, 3.63) is 48.0 Å². The fraction of sp³-hybridized carbons (Fsp3) is 0.278. The van der Waals surface area contributed by atoms with Crippen LogP contribution in [-0.2, 0) is 0 Å². The number of nitrogens with one attached hydrogen (secondary N) is 1. The fourth-order valence-electron chi connectivity index (χ4n) is 2.45. The third kappa shape index (κ3) is 3.37. The molecular weight excluding hydrogens is 310 g/mol. The number of carbonyl (C=O) groups is 1. The Morgan fingerprint density at radius 1 is 1.12 bits per heavy atom. The second-order valence-electron chi connectivity index (χ2n) is 5.28. The van der Waals surface area contributed by atoms with Gasteiger partial charge in [-0.15, -0.1) is 0 Å². The van der Waals surface area contributed by atoms with Crippen molar-refractivity contribution in [1.82, 2.24) is 5.32 Å². The number of hydrogen-bond acceptors (Lipinski definition) is 5. The molecule has 1 heterocycles. The largest absolute Gasteiger partial charge is 0.493 e. The Bertz CT molecular complexity index is 731. The smallest absolute Gasteiger partial charge is 0.251 e. The van der Waals surface area contributed by atoms with Crippen LogP contribution in [0.2, 0.25) is 0 Å². The Kier molecular flexibility index (Phi) is 4.74. The minimum atomic E-state index is -0.232. The summed E-state index contributed by atoms with van der Waals surface area (Å²) in [5.41, 5.74) is 0.491. The molecule has 126 valence electrons. The molecule has 1 atom stereocenters. The van der Waals surface area contributed by atoms with Gasteiger partial charge in [0.15, 0.2) is 23.0 Å². The van der Waals surface area contributed by atoms with Crippen molar-refractivity contribution < 1.29 is 23.7 Å². The molecule has 0 unspecified atom stereocenters. The number of methoxy groups -OCH3 is 2. The highest BCUT2D eigenvalue weighted by molar-refractivity contribution is 5.94. The summed E-state index contributed by atoms with van der Waals surface area (Å²) < 4.78 is 21.8. The minimum Gasteiger partial charge on any atom is -0.493 e. The molecule has 0 saturated heterocycles. The zero-order chi connectivity index (χ0) is 16.9. The molecule has 0 spiro atoms. The molecule has 0 aliphatic carbocycles. The lowest BCUT2D eigenvalue weighted by Gasteiger charge is -2.26. The Morgan fingerprint density at radius 3 is 2.62 bits per heavy atom. The molecular formula is C18H19NO5. The van der Waals surface area contributed by atoms with Crippen LogP contribution in [0.4, 0.5) is 0 Å². The van der Waals surface area contributed by atoms with E-state index < -0.39 is 0 Å².